The average molecular weight is 256 g/mol. The highest BCUT2D eigenvalue weighted by atomic mass is 16.5. The molecule has 0 aromatic heterocycles. The van der Waals surface area contributed by atoms with Crippen LogP contribution in [0.3, 0.4) is 0 Å². The summed E-state index contributed by atoms with van der Waals surface area (Å²) < 4.78 is 5.87. The molecule has 0 aromatic carbocycles. The van der Waals surface area contributed by atoms with Gasteiger partial charge >= 0.3 is 0 Å². The van der Waals surface area contributed by atoms with Crippen molar-refractivity contribution in [3.63, 3.8) is 0 Å². The molecule has 1 amide bonds. The van der Waals surface area contributed by atoms with Gasteiger partial charge in [0.15, 0.2) is 0 Å². The van der Waals surface area contributed by atoms with E-state index in [2.05, 4.69) is 19.2 Å². The number of rotatable bonds is 8. The number of primary amides is 1. The molecule has 0 aliphatic heterocycles. The molecule has 3 N–H and O–H groups in total. The zero-order chi connectivity index (χ0) is 13.4. The van der Waals surface area contributed by atoms with Gasteiger partial charge < -0.3 is 15.8 Å². The molecule has 0 bridgehead atoms. The maximum atomic E-state index is 11.3. The van der Waals surface area contributed by atoms with Crippen LogP contribution in [-0.4, -0.2) is 31.2 Å². The van der Waals surface area contributed by atoms with Crippen molar-refractivity contribution in [3.8, 4) is 0 Å². The molecule has 1 aliphatic carbocycles. The summed E-state index contributed by atoms with van der Waals surface area (Å²) in [4.78, 5) is 11.3. The van der Waals surface area contributed by atoms with Gasteiger partial charge in [0.1, 0.15) is 6.04 Å². The van der Waals surface area contributed by atoms with Gasteiger partial charge in [0.05, 0.1) is 12.7 Å². The fourth-order valence-corrected chi connectivity index (χ4v) is 2.56. The molecular formula is C14H28N2O2. The van der Waals surface area contributed by atoms with Crippen LogP contribution in [0.15, 0.2) is 0 Å². The van der Waals surface area contributed by atoms with Crippen LogP contribution in [0.4, 0.5) is 0 Å². The summed E-state index contributed by atoms with van der Waals surface area (Å²) >= 11 is 0. The van der Waals surface area contributed by atoms with E-state index >= 15 is 0 Å². The van der Waals surface area contributed by atoms with Gasteiger partial charge in [-0.2, -0.15) is 0 Å². The minimum atomic E-state index is -0.341. The van der Waals surface area contributed by atoms with Gasteiger partial charge in [-0.3, -0.25) is 4.79 Å². The first kappa shape index (κ1) is 15.4. The fourth-order valence-electron chi connectivity index (χ4n) is 2.56. The molecule has 3 unspecified atom stereocenters. The Morgan fingerprint density at radius 2 is 2.22 bits per heavy atom. The zero-order valence-corrected chi connectivity index (χ0v) is 11.8. The van der Waals surface area contributed by atoms with E-state index in [0.717, 1.165) is 31.7 Å². The highest BCUT2D eigenvalue weighted by Gasteiger charge is 2.23. The van der Waals surface area contributed by atoms with Crippen LogP contribution in [0.1, 0.15) is 52.4 Å². The second kappa shape index (κ2) is 8.48. The van der Waals surface area contributed by atoms with E-state index in [9.17, 15) is 4.79 Å². The predicted molar refractivity (Wildman–Crippen MR) is 73.3 cm³/mol. The summed E-state index contributed by atoms with van der Waals surface area (Å²) in [5, 5.41) is 3.13. The normalized spacial score (nSPS) is 25.9. The molecular weight excluding hydrogens is 228 g/mol. The molecule has 0 radical (unpaired) electrons. The van der Waals surface area contributed by atoms with Crippen molar-refractivity contribution in [2.45, 2.75) is 64.5 Å². The molecule has 106 valence electrons. The number of hydrogen-bond acceptors (Lipinski definition) is 3. The van der Waals surface area contributed by atoms with Crippen molar-refractivity contribution >= 4 is 5.91 Å². The molecule has 0 spiro atoms. The number of ether oxygens (including phenoxy) is 1. The Morgan fingerprint density at radius 3 is 2.83 bits per heavy atom. The van der Waals surface area contributed by atoms with Gasteiger partial charge in [-0.25, -0.2) is 0 Å². The van der Waals surface area contributed by atoms with Gasteiger partial charge in [-0.15, -0.1) is 0 Å². The fraction of sp³-hybridized carbons (Fsp3) is 0.929. The number of hydrogen-bond donors (Lipinski definition) is 2. The topological polar surface area (TPSA) is 64.3 Å². The van der Waals surface area contributed by atoms with E-state index in [4.69, 9.17) is 10.5 Å². The van der Waals surface area contributed by atoms with Gasteiger partial charge in [-0.1, -0.05) is 33.1 Å². The second-order valence-electron chi connectivity index (χ2n) is 5.31. The number of carbonyl (C=O) groups excluding carboxylic acids is 1. The Labute approximate surface area is 111 Å². The number of amides is 1. The summed E-state index contributed by atoms with van der Waals surface area (Å²) in [6, 6.07) is -0.341. The first-order valence-corrected chi connectivity index (χ1v) is 7.31. The molecule has 1 saturated carbocycles. The molecule has 0 saturated heterocycles. The molecule has 0 aromatic rings. The lowest BCUT2D eigenvalue weighted by atomic mass is 9.85. The first-order chi connectivity index (χ1) is 8.67. The van der Waals surface area contributed by atoms with E-state index in [1.165, 1.54) is 19.3 Å². The third-order valence-corrected chi connectivity index (χ3v) is 3.79. The van der Waals surface area contributed by atoms with Crippen LogP contribution < -0.4 is 11.1 Å². The Hall–Kier alpha value is -0.610. The van der Waals surface area contributed by atoms with Crippen molar-refractivity contribution < 1.29 is 9.53 Å². The molecule has 0 heterocycles. The Balaban J connectivity index is 2.30. The Morgan fingerprint density at radius 1 is 1.44 bits per heavy atom. The lowest BCUT2D eigenvalue weighted by molar-refractivity contribution is -0.122. The van der Waals surface area contributed by atoms with Gasteiger partial charge in [0.2, 0.25) is 5.91 Å². The summed E-state index contributed by atoms with van der Waals surface area (Å²) in [7, 11) is 0. The van der Waals surface area contributed by atoms with Gasteiger partial charge in [0.25, 0.3) is 0 Å². The molecule has 4 heteroatoms. The average Bonchev–Trinajstić information content (AvgIpc) is 2.38. The SMILES string of the molecule is CCCNC(COC1CCCC(CC)C1)C(N)=O. The van der Waals surface area contributed by atoms with E-state index in [1.54, 1.807) is 0 Å². The van der Waals surface area contributed by atoms with Crippen LogP contribution in [0.5, 0.6) is 0 Å². The van der Waals surface area contributed by atoms with Crippen LogP contribution in [-0.2, 0) is 9.53 Å². The number of nitrogens with two attached hydrogens (primary N) is 1. The van der Waals surface area contributed by atoms with Crippen molar-refractivity contribution in [1.82, 2.24) is 5.32 Å². The van der Waals surface area contributed by atoms with E-state index in [1.807, 2.05) is 0 Å². The van der Waals surface area contributed by atoms with E-state index in [0.29, 0.717) is 12.7 Å². The zero-order valence-electron chi connectivity index (χ0n) is 11.8. The molecule has 4 nitrogen and oxygen atoms in total. The van der Waals surface area contributed by atoms with Gasteiger partial charge in [-0.05, 0) is 31.7 Å². The summed E-state index contributed by atoms with van der Waals surface area (Å²) in [6.07, 6.45) is 7.36. The first-order valence-electron chi connectivity index (χ1n) is 7.31. The standard InChI is InChI=1S/C14H28N2O2/c1-3-8-16-13(14(15)17)10-18-12-7-5-6-11(4-2)9-12/h11-13,16H,3-10H2,1-2H3,(H2,15,17). The summed E-state index contributed by atoms with van der Waals surface area (Å²) in [6.45, 7) is 5.52. The lowest BCUT2D eigenvalue weighted by Gasteiger charge is -2.29. The highest BCUT2D eigenvalue weighted by Crippen LogP contribution is 2.28. The molecule has 18 heavy (non-hydrogen) atoms. The van der Waals surface area contributed by atoms with Crippen LogP contribution >= 0.6 is 0 Å². The van der Waals surface area contributed by atoms with Crippen LogP contribution in [0.25, 0.3) is 0 Å². The second-order valence-corrected chi connectivity index (χ2v) is 5.31. The van der Waals surface area contributed by atoms with E-state index in [-0.39, 0.29) is 11.9 Å². The third-order valence-electron chi connectivity index (χ3n) is 3.79. The molecule has 1 fully saturated rings. The van der Waals surface area contributed by atoms with Crippen molar-refractivity contribution in [1.29, 1.82) is 0 Å². The van der Waals surface area contributed by atoms with Crippen molar-refractivity contribution in [3.05, 3.63) is 0 Å². The highest BCUT2D eigenvalue weighted by molar-refractivity contribution is 5.79. The maximum Gasteiger partial charge on any atom is 0.236 e. The maximum absolute atomic E-state index is 11.3. The van der Waals surface area contributed by atoms with Crippen molar-refractivity contribution in [2.75, 3.05) is 13.2 Å². The molecule has 1 aliphatic rings. The smallest absolute Gasteiger partial charge is 0.236 e. The van der Waals surface area contributed by atoms with Crippen LogP contribution in [0.2, 0.25) is 0 Å². The summed E-state index contributed by atoms with van der Waals surface area (Å²) in [5.41, 5.74) is 5.37. The number of nitrogens with one attached hydrogen (secondary N) is 1. The Bertz CT molecular complexity index is 246. The van der Waals surface area contributed by atoms with E-state index < -0.39 is 0 Å². The largest absolute Gasteiger partial charge is 0.376 e. The lowest BCUT2D eigenvalue weighted by Crippen LogP contribution is -2.45. The van der Waals surface area contributed by atoms with Crippen molar-refractivity contribution in [2.24, 2.45) is 11.7 Å². The summed E-state index contributed by atoms with van der Waals surface area (Å²) in [5.74, 6) is 0.477. The third kappa shape index (κ3) is 5.36. The molecule has 3 atom stereocenters. The minimum absolute atomic E-state index is 0.314. The monoisotopic (exact) mass is 256 g/mol. The molecule has 1 rings (SSSR count). The Kier molecular flexibility index (Phi) is 7.28. The minimum Gasteiger partial charge on any atom is -0.376 e. The van der Waals surface area contributed by atoms with Gasteiger partial charge in [0, 0.05) is 0 Å². The number of carbonyl (C=O) groups is 1. The quantitative estimate of drug-likeness (QED) is 0.696. The predicted octanol–water partition coefficient (Wildman–Crippen LogP) is 1.83. The van der Waals surface area contributed by atoms with Crippen LogP contribution in [0, 0.1) is 5.92 Å².